The molecule has 3 unspecified atom stereocenters. The standard InChI is InChI=1S/C16H34N2/c1-6-8-17-16(7-9-18(4)5)15-11-13(2)10-14(3)12-15/h13-17H,6-12H2,1-5H3. The van der Waals surface area contributed by atoms with E-state index in [9.17, 15) is 0 Å². The van der Waals surface area contributed by atoms with Gasteiger partial charge in [-0.2, -0.15) is 0 Å². The average Bonchev–Trinajstić information content (AvgIpc) is 2.27. The molecular formula is C16H34N2. The summed E-state index contributed by atoms with van der Waals surface area (Å²) in [5.74, 6) is 2.74. The average molecular weight is 254 g/mol. The third kappa shape index (κ3) is 5.71. The first-order chi connectivity index (χ1) is 8.52. The number of hydrogen-bond acceptors (Lipinski definition) is 2. The van der Waals surface area contributed by atoms with Crippen LogP contribution in [0.15, 0.2) is 0 Å². The molecule has 1 aliphatic rings. The first-order valence-corrected chi connectivity index (χ1v) is 7.91. The van der Waals surface area contributed by atoms with Crippen molar-refractivity contribution in [2.24, 2.45) is 17.8 Å². The lowest BCUT2D eigenvalue weighted by Crippen LogP contribution is -2.41. The van der Waals surface area contributed by atoms with Crippen LogP contribution in [0, 0.1) is 17.8 Å². The summed E-state index contributed by atoms with van der Waals surface area (Å²) >= 11 is 0. The minimum atomic E-state index is 0.734. The summed E-state index contributed by atoms with van der Waals surface area (Å²) in [4.78, 5) is 2.32. The molecule has 0 aromatic carbocycles. The molecule has 1 fully saturated rings. The molecule has 1 rings (SSSR count). The smallest absolute Gasteiger partial charge is 0.0108 e. The van der Waals surface area contributed by atoms with Crippen LogP contribution in [-0.4, -0.2) is 38.1 Å². The van der Waals surface area contributed by atoms with Crippen LogP contribution in [-0.2, 0) is 0 Å². The molecule has 0 saturated heterocycles. The van der Waals surface area contributed by atoms with E-state index in [0.29, 0.717) is 0 Å². The fraction of sp³-hybridized carbons (Fsp3) is 1.00. The molecule has 0 radical (unpaired) electrons. The summed E-state index contributed by atoms with van der Waals surface area (Å²) in [5, 5.41) is 3.81. The molecule has 0 bridgehead atoms. The van der Waals surface area contributed by atoms with Gasteiger partial charge in [0.05, 0.1) is 0 Å². The van der Waals surface area contributed by atoms with Crippen molar-refractivity contribution in [2.75, 3.05) is 27.2 Å². The molecule has 0 aromatic rings. The summed E-state index contributed by atoms with van der Waals surface area (Å²) in [6.07, 6.45) is 6.84. The molecule has 18 heavy (non-hydrogen) atoms. The van der Waals surface area contributed by atoms with E-state index in [1.807, 2.05) is 0 Å². The van der Waals surface area contributed by atoms with Crippen molar-refractivity contribution in [3.63, 3.8) is 0 Å². The van der Waals surface area contributed by atoms with E-state index >= 15 is 0 Å². The highest BCUT2D eigenvalue weighted by Gasteiger charge is 2.29. The van der Waals surface area contributed by atoms with Gasteiger partial charge < -0.3 is 10.2 Å². The zero-order valence-electron chi connectivity index (χ0n) is 13.2. The lowest BCUT2D eigenvalue weighted by atomic mass is 9.73. The summed E-state index contributed by atoms with van der Waals surface area (Å²) in [7, 11) is 4.37. The Balaban J connectivity index is 2.50. The predicted molar refractivity (Wildman–Crippen MR) is 80.9 cm³/mol. The van der Waals surface area contributed by atoms with Gasteiger partial charge in [0.25, 0.3) is 0 Å². The fourth-order valence-corrected chi connectivity index (χ4v) is 3.57. The molecule has 3 atom stereocenters. The van der Waals surface area contributed by atoms with Gasteiger partial charge in [0.1, 0.15) is 0 Å². The summed E-state index contributed by atoms with van der Waals surface area (Å²) in [5.41, 5.74) is 0. The Bertz CT molecular complexity index is 205. The van der Waals surface area contributed by atoms with Crippen LogP contribution in [0.25, 0.3) is 0 Å². The lowest BCUT2D eigenvalue weighted by molar-refractivity contribution is 0.165. The Kier molecular flexibility index (Phi) is 7.25. The Morgan fingerprint density at radius 3 is 2.22 bits per heavy atom. The zero-order valence-corrected chi connectivity index (χ0v) is 13.2. The molecule has 0 heterocycles. The molecule has 0 aliphatic heterocycles. The maximum absolute atomic E-state index is 3.81. The van der Waals surface area contributed by atoms with Crippen LogP contribution in [0.4, 0.5) is 0 Å². The molecule has 1 aliphatic carbocycles. The van der Waals surface area contributed by atoms with E-state index in [2.05, 4.69) is 45.1 Å². The first-order valence-electron chi connectivity index (χ1n) is 7.91. The van der Waals surface area contributed by atoms with Crippen molar-refractivity contribution in [1.82, 2.24) is 10.2 Å². The number of nitrogens with zero attached hydrogens (tertiary/aromatic N) is 1. The van der Waals surface area contributed by atoms with E-state index in [1.165, 1.54) is 45.2 Å². The van der Waals surface area contributed by atoms with Gasteiger partial charge in [0.2, 0.25) is 0 Å². The Morgan fingerprint density at radius 1 is 1.11 bits per heavy atom. The van der Waals surface area contributed by atoms with E-state index in [-0.39, 0.29) is 0 Å². The summed E-state index contributed by atoms with van der Waals surface area (Å²) in [6, 6.07) is 0.734. The van der Waals surface area contributed by atoms with Crippen LogP contribution in [0.5, 0.6) is 0 Å². The van der Waals surface area contributed by atoms with Crippen LogP contribution < -0.4 is 5.32 Å². The van der Waals surface area contributed by atoms with Gasteiger partial charge in [0, 0.05) is 6.04 Å². The number of rotatable bonds is 7. The van der Waals surface area contributed by atoms with Crippen molar-refractivity contribution >= 4 is 0 Å². The minimum absolute atomic E-state index is 0.734. The largest absolute Gasteiger partial charge is 0.314 e. The molecule has 2 heteroatoms. The zero-order chi connectivity index (χ0) is 13.5. The summed E-state index contributed by atoms with van der Waals surface area (Å²) in [6.45, 7) is 9.52. The maximum Gasteiger partial charge on any atom is 0.0108 e. The molecule has 1 N–H and O–H groups in total. The highest BCUT2D eigenvalue weighted by molar-refractivity contribution is 4.84. The topological polar surface area (TPSA) is 15.3 Å². The van der Waals surface area contributed by atoms with Crippen LogP contribution in [0.3, 0.4) is 0 Å². The molecule has 0 spiro atoms. The van der Waals surface area contributed by atoms with E-state index in [4.69, 9.17) is 0 Å². The number of nitrogens with one attached hydrogen (secondary N) is 1. The van der Waals surface area contributed by atoms with Gasteiger partial charge >= 0.3 is 0 Å². The van der Waals surface area contributed by atoms with Gasteiger partial charge in [-0.3, -0.25) is 0 Å². The van der Waals surface area contributed by atoms with Crippen molar-refractivity contribution in [3.8, 4) is 0 Å². The van der Waals surface area contributed by atoms with Crippen LogP contribution in [0.1, 0.15) is 52.9 Å². The van der Waals surface area contributed by atoms with Gasteiger partial charge in [-0.25, -0.2) is 0 Å². The monoisotopic (exact) mass is 254 g/mol. The van der Waals surface area contributed by atoms with Crippen LogP contribution >= 0.6 is 0 Å². The van der Waals surface area contributed by atoms with Gasteiger partial charge in [0.15, 0.2) is 0 Å². The molecule has 2 nitrogen and oxygen atoms in total. The van der Waals surface area contributed by atoms with Gasteiger partial charge in [-0.15, -0.1) is 0 Å². The third-order valence-electron chi connectivity index (χ3n) is 4.33. The van der Waals surface area contributed by atoms with E-state index in [1.54, 1.807) is 0 Å². The lowest BCUT2D eigenvalue weighted by Gasteiger charge is -2.37. The minimum Gasteiger partial charge on any atom is -0.314 e. The van der Waals surface area contributed by atoms with Gasteiger partial charge in [-0.1, -0.05) is 20.8 Å². The second kappa shape index (κ2) is 8.16. The highest BCUT2D eigenvalue weighted by atomic mass is 15.1. The Morgan fingerprint density at radius 2 is 1.72 bits per heavy atom. The molecule has 0 amide bonds. The van der Waals surface area contributed by atoms with Crippen molar-refractivity contribution in [3.05, 3.63) is 0 Å². The SMILES string of the molecule is CCCNC(CCN(C)C)C1CC(C)CC(C)C1. The maximum atomic E-state index is 3.81. The second-order valence-corrected chi connectivity index (χ2v) is 6.83. The van der Waals surface area contributed by atoms with E-state index < -0.39 is 0 Å². The third-order valence-corrected chi connectivity index (χ3v) is 4.33. The molecule has 108 valence electrons. The predicted octanol–water partition coefficient (Wildman–Crippen LogP) is 3.38. The highest BCUT2D eigenvalue weighted by Crippen LogP contribution is 2.35. The summed E-state index contributed by atoms with van der Waals surface area (Å²) < 4.78 is 0. The normalized spacial score (nSPS) is 30.7. The molecular weight excluding hydrogens is 220 g/mol. The second-order valence-electron chi connectivity index (χ2n) is 6.83. The fourth-order valence-electron chi connectivity index (χ4n) is 3.57. The first kappa shape index (κ1) is 16.0. The van der Waals surface area contributed by atoms with Crippen molar-refractivity contribution < 1.29 is 0 Å². The van der Waals surface area contributed by atoms with E-state index in [0.717, 1.165) is 23.8 Å². The van der Waals surface area contributed by atoms with Crippen molar-refractivity contribution in [2.45, 2.75) is 58.9 Å². The quantitative estimate of drug-likeness (QED) is 0.749. The van der Waals surface area contributed by atoms with Crippen molar-refractivity contribution in [1.29, 1.82) is 0 Å². The Hall–Kier alpha value is -0.0800. The van der Waals surface area contributed by atoms with Gasteiger partial charge in [-0.05, 0) is 77.0 Å². The Labute approximate surface area is 115 Å². The van der Waals surface area contributed by atoms with Crippen LogP contribution in [0.2, 0.25) is 0 Å². The molecule has 0 aromatic heterocycles. The molecule has 1 saturated carbocycles. The number of hydrogen-bond donors (Lipinski definition) is 1.